The minimum Gasteiger partial charge on any atom is -0.497 e. The Kier molecular flexibility index (Phi) is 9.20. The summed E-state index contributed by atoms with van der Waals surface area (Å²) in [5.74, 6) is 1.96. The number of hydrogen-bond acceptors (Lipinski definition) is 5. The molecule has 0 saturated carbocycles. The van der Waals surface area contributed by atoms with Crippen molar-refractivity contribution in [2.24, 2.45) is 4.99 Å². The second-order valence-electron chi connectivity index (χ2n) is 6.53. The van der Waals surface area contributed by atoms with Gasteiger partial charge < -0.3 is 14.2 Å². The SMILES string of the molecule is C=CCCCCN=C(C#N)/C(=C/c1cccc(OC)c1)c1ccc(OC)c(OC)c1. The molecular formula is C25H28N2O3. The molecule has 0 radical (unpaired) electrons. The molecule has 0 bridgehead atoms. The fraction of sp³-hybridized carbons (Fsp3) is 0.280. The van der Waals surface area contributed by atoms with Gasteiger partial charge in [0.2, 0.25) is 0 Å². The molecule has 0 spiro atoms. The molecule has 2 rings (SSSR count). The molecule has 0 fully saturated rings. The zero-order valence-corrected chi connectivity index (χ0v) is 17.9. The minimum atomic E-state index is 0.378. The third-order valence-electron chi connectivity index (χ3n) is 4.55. The standard InChI is InChI=1S/C25H28N2O3/c1-5-6-7-8-14-27-23(18-26)22(16-19-10-9-11-21(15-19)28-2)20-12-13-24(29-3)25(17-20)30-4/h5,9-13,15-17H,1,6-8,14H2,2-4H3/b22-16+,27-23?. The largest absolute Gasteiger partial charge is 0.497 e. The van der Waals surface area contributed by atoms with Gasteiger partial charge >= 0.3 is 0 Å². The third-order valence-corrected chi connectivity index (χ3v) is 4.55. The fourth-order valence-electron chi connectivity index (χ4n) is 2.96. The molecule has 0 amide bonds. The molecule has 0 saturated heterocycles. The number of nitriles is 1. The van der Waals surface area contributed by atoms with Crippen LogP contribution < -0.4 is 14.2 Å². The molecule has 0 aliphatic rings. The molecule has 0 N–H and O–H groups in total. The lowest BCUT2D eigenvalue weighted by atomic mass is 9.98. The van der Waals surface area contributed by atoms with Crippen LogP contribution in [0.3, 0.4) is 0 Å². The van der Waals surface area contributed by atoms with Gasteiger partial charge in [-0.1, -0.05) is 24.3 Å². The van der Waals surface area contributed by atoms with Crippen LogP contribution in [-0.4, -0.2) is 33.6 Å². The van der Waals surface area contributed by atoms with E-state index in [1.54, 1.807) is 21.3 Å². The van der Waals surface area contributed by atoms with Crippen LogP contribution in [0.15, 0.2) is 60.1 Å². The smallest absolute Gasteiger partial charge is 0.161 e. The molecular weight excluding hydrogens is 376 g/mol. The maximum atomic E-state index is 9.85. The Morgan fingerprint density at radius 3 is 2.50 bits per heavy atom. The molecule has 5 nitrogen and oxygen atoms in total. The molecule has 0 atom stereocenters. The van der Waals surface area contributed by atoms with Crippen molar-refractivity contribution in [3.63, 3.8) is 0 Å². The normalized spacial score (nSPS) is 11.5. The van der Waals surface area contributed by atoms with Crippen LogP contribution in [0.4, 0.5) is 0 Å². The summed E-state index contributed by atoms with van der Waals surface area (Å²) in [5, 5.41) is 9.85. The highest BCUT2D eigenvalue weighted by molar-refractivity contribution is 6.34. The molecule has 0 unspecified atom stereocenters. The van der Waals surface area contributed by atoms with Crippen LogP contribution in [0.2, 0.25) is 0 Å². The van der Waals surface area contributed by atoms with Crippen molar-refractivity contribution in [2.75, 3.05) is 27.9 Å². The van der Waals surface area contributed by atoms with Crippen LogP contribution in [-0.2, 0) is 0 Å². The number of aliphatic imine (C=N–C) groups is 1. The van der Waals surface area contributed by atoms with Crippen LogP contribution in [0.5, 0.6) is 17.2 Å². The quantitative estimate of drug-likeness (QED) is 0.212. The average Bonchev–Trinajstić information content (AvgIpc) is 2.80. The van der Waals surface area contributed by atoms with Gasteiger partial charge in [0.25, 0.3) is 0 Å². The Labute approximate surface area is 178 Å². The number of nitrogens with zero attached hydrogens (tertiary/aromatic N) is 2. The highest BCUT2D eigenvalue weighted by Crippen LogP contribution is 2.32. The maximum absolute atomic E-state index is 9.85. The summed E-state index contributed by atoms with van der Waals surface area (Å²) >= 11 is 0. The van der Waals surface area contributed by atoms with Crippen LogP contribution in [0.1, 0.15) is 30.4 Å². The first kappa shape index (κ1) is 22.8. The van der Waals surface area contributed by atoms with E-state index in [0.717, 1.165) is 41.7 Å². The Bertz CT molecular complexity index is 955. The fourth-order valence-corrected chi connectivity index (χ4v) is 2.96. The lowest BCUT2D eigenvalue weighted by molar-refractivity contribution is 0.355. The second-order valence-corrected chi connectivity index (χ2v) is 6.53. The first-order valence-electron chi connectivity index (χ1n) is 9.80. The Balaban J connectivity index is 2.51. The van der Waals surface area contributed by atoms with Crippen molar-refractivity contribution in [3.05, 3.63) is 66.2 Å². The molecule has 0 heterocycles. The van der Waals surface area contributed by atoms with E-state index >= 15 is 0 Å². The summed E-state index contributed by atoms with van der Waals surface area (Å²) in [4.78, 5) is 4.58. The van der Waals surface area contributed by atoms with Gasteiger partial charge in [-0.2, -0.15) is 5.26 Å². The predicted molar refractivity (Wildman–Crippen MR) is 122 cm³/mol. The van der Waals surface area contributed by atoms with Crippen LogP contribution in [0.25, 0.3) is 11.6 Å². The van der Waals surface area contributed by atoms with E-state index in [1.165, 1.54) is 0 Å². The highest BCUT2D eigenvalue weighted by Gasteiger charge is 2.14. The Morgan fingerprint density at radius 1 is 1.03 bits per heavy atom. The van der Waals surface area contributed by atoms with Gasteiger partial charge in [0.1, 0.15) is 17.5 Å². The first-order valence-corrected chi connectivity index (χ1v) is 9.80. The molecule has 156 valence electrons. The van der Waals surface area contributed by atoms with Crippen molar-refractivity contribution >= 4 is 17.4 Å². The van der Waals surface area contributed by atoms with Crippen molar-refractivity contribution in [1.29, 1.82) is 5.26 Å². The summed E-state index contributed by atoms with van der Waals surface area (Å²) < 4.78 is 16.1. The zero-order valence-electron chi connectivity index (χ0n) is 17.9. The minimum absolute atomic E-state index is 0.378. The van der Waals surface area contributed by atoms with Crippen LogP contribution in [0, 0.1) is 11.3 Å². The van der Waals surface area contributed by atoms with E-state index < -0.39 is 0 Å². The summed E-state index contributed by atoms with van der Waals surface area (Å²) in [6.45, 7) is 4.32. The number of rotatable bonds is 11. The van der Waals surface area contributed by atoms with E-state index in [0.29, 0.717) is 23.8 Å². The number of unbranched alkanes of at least 4 members (excludes halogenated alkanes) is 2. The third kappa shape index (κ3) is 6.25. The van der Waals surface area contributed by atoms with Crippen LogP contribution >= 0.6 is 0 Å². The molecule has 30 heavy (non-hydrogen) atoms. The molecule has 0 aromatic heterocycles. The van der Waals surface area contributed by atoms with Gasteiger partial charge in [-0.25, -0.2) is 0 Å². The first-order chi connectivity index (χ1) is 14.7. The molecule has 0 aliphatic carbocycles. The van der Waals surface area contributed by atoms with Gasteiger partial charge in [0.15, 0.2) is 11.5 Å². The number of hydrogen-bond donors (Lipinski definition) is 0. The van der Waals surface area contributed by atoms with E-state index in [4.69, 9.17) is 14.2 Å². The summed E-state index contributed by atoms with van der Waals surface area (Å²) in [6, 6.07) is 15.5. The number of ether oxygens (including phenoxy) is 3. The Morgan fingerprint density at radius 2 is 1.83 bits per heavy atom. The molecule has 5 heteroatoms. The van der Waals surface area contributed by atoms with Crippen molar-refractivity contribution in [1.82, 2.24) is 0 Å². The van der Waals surface area contributed by atoms with E-state index in [9.17, 15) is 5.26 Å². The molecule has 2 aromatic carbocycles. The highest BCUT2D eigenvalue weighted by atomic mass is 16.5. The lowest BCUT2D eigenvalue weighted by Gasteiger charge is -2.12. The monoisotopic (exact) mass is 404 g/mol. The van der Waals surface area contributed by atoms with Gasteiger partial charge in [-0.3, -0.25) is 4.99 Å². The van der Waals surface area contributed by atoms with Crippen molar-refractivity contribution in [3.8, 4) is 23.3 Å². The Hall–Kier alpha value is -3.52. The summed E-state index contributed by atoms with van der Waals surface area (Å²) in [6.07, 6.45) is 6.68. The van der Waals surface area contributed by atoms with E-state index in [2.05, 4.69) is 17.6 Å². The van der Waals surface area contributed by atoms with Gasteiger partial charge in [0, 0.05) is 12.1 Å². The topological polar surface area (TPSA) is 63.8 Å². The maximum Gasteiger partial charge on any atom is 0.161 e. The average molecular weight is 405 g/mol. The van der Waals surface area contributed by atoms with Crippen molar-refractivity contribution < 1.29 is 14.2 Å². The summed E-state index contributed by atoms with van der Waals surface area (Å²) in [5.41, 5.74) is 2.83. The van der Waals surface area contributed by atoms with Crippen molar-refractivity contribution in [2.45, 2.75) is 19.3 Å². The molecule has 0 aliphatic heterocycles. The van der Waals surface area contributed by atoms with Gasteiger partial charge in [-0.15, -0.1) is 6.58 Å². The summed E-state index contributed by atoms with van der Waals surface area (Å²) in [7, 11) is 4.81. The lowest BCUT2D eigenvalue weighted by Crippen LogP contribution is -2.02. The second kappa shape index (κ2) is 12.1. The van der Waals surface area contributed by atoms with E-state index in [-0.39, 0.29) is 0 Å². The predicted octanol–water partition coefficient (Wildman–Crippen LogP) is 5.57. The molecule has 2 aromatic rings. The van der Waals surface area contributed by atoms with E-state index in [1.807, 2.05) is 54.6 Å². The number of methoxy groups -OCH3 is 3. The van der Waals surface area contributed by atoms with Gasteiger partial charge in [-0.05, 0) is 60.7 Å². The zero-order chi connectivity index (χ0) is 21.8. The van der Waals surface area contributed by atoms with Gasteiger partial charge in [0.05, 0.1) is 21.3 Å². The number of benzene rings is 2. The number of allylic oxidation sites excluding steroid dienone is 2.